The van der Waals surface area contributed by atoms with Crippen molar-refractivity contribution >= 4 is 92.4 Å². The van der Waals surface area contributed by atoms with Gasteiger partial charge >= 0.3 is 0 Å². The fourth-order valence-electron chi connectivity index (χ4n) is 3.44. The molecule has 0 spiro atoms. The number of nitrogens with zero attached hydrogens (tertiary/aromatic N) is 3. The molecule has 3 aromatic carbocycles. The Morgan fingerprint density at radius 1 is 1.08 bits per heavy atom. The van der Waals surface area contributed by atoms with Gasteiger partial charge in [-0.3, -0.25) is 4.79 Å². The summed E-state index contributed by atoms with van der Waals surface area (Å²) in [5.41, 5.74) is 1.91. The van der Waals surface area contributed by atoms with Gasteiger partial charge in [0, 0.05) is 35.4 Å². The van der Waals surface area contributed by atoms with E-state index in [1.165, 1.54) is 11.8 Å². The van der Waals surface area contributed by atoms with E-state index in [4.69, 9.17) is 21.1 Å². The number of methoxy groups -OCH3 is 1. The minimum atomic E-state index is -0.261. The van der Waals surface area contributed by atoms with Crippen LogP contribution in [0.4, 0.5) is 0 Å². The zero-order valence-corrected chi connectivity index (χ0v) is 26.1. The topological polar surface area (TPSA) is 65.7 Å². The van der Waals surface area contributed by atoms with E-state index >= 15 is 0 Å². The number of halogens is 5. The van der Waals surface area contributed by atoms with Gasteiger partial charge in [0.25, 0.3) is 5.56 Å². The number of fused-ring (bicyclic) bond motifs is 1. The fraction of sp³-hybridized carbons (Fsp3) is 0.160. The largest absolute Gasteiger partial charge is 0.493 e. The van der Waals surface area contributed by atoms with E-state index in [0.717, 1.165) is 19.0 Å². The zero-order valence-electron chi connectivity index (χ0n) is 19.0. The van der Waals surface area contributed by atoms with Crippen LogP contribution < -0.4 is 15.0 Å². The highest BCUT2D eigenvalue weighted by Gasteiger charge is 2.18. The summed E-state index contributed by atoms with van der Waals surface area (Å²) < 4.78 is 16.1. The molecule has 6 nitrogen and oxygen atoms in total. The van der Waals surface area contributed by atoms with Crippen molar-refractivity contribution in [3.63, 3.8) is 0 Å². The maximum atomic E-state index is 13.2. The molecule has 0 radical (unpaired) electrons. The molecule has 0 atom stereocenters. The van der Waals surface area contributed by atoms with Crippen molar-refractivity contribution in [2.45, 2.75) is 20.0 Å². The first-order valence-electron chi connectivity index (χ1n) is 10.6. The minimum absolute atomic E-state index is 0.261. The second kappa shape index (κ2) is 11.8. The van der Waals surface area contributed by atoms with Crippen LogP contribution in [0, 0.1) is 0 Å². The van der Waals surface area contributed by atoms with Crippen LogP contribution in [-0.2, 0) is 13.0 Å². The van der Waals surface area contributed by atoms with Gasteiger partial charge in [0.1, 0.15) is 17.5 Å². The van der Waals surface area contributed by atoms with E-state index in [1.807, 2.05) is 31.2 Å². The van der Waals surface area contributed by atoms with Crippen LogP contribution in [0.2, 0.25) is 5.02 Å². The van der Waals surface area contributed by atoms with E-state index in [2.05, 4.69) is 73.8 Å². The first kappa shape index (κ1) is 27.3. The van der Waals surface area contributed by atoms with Crippen molar-refractivity contribution in [1.29, 1.82) is 0 Å². The van der Waals surface area contributed by atoms with Crippen LogP contribution in [0.5, 0.6) is 11.5 Å². The molecular formula is C25H18Br4ClN3O3. The molecule has 0 N–H and O–H groups in total. The Morgan fingerprint density at radius 2 is 1.81 bits per heavy atom. The summed E-state index contributed by atoms with van der Waals surface area (Å²) in [6.07, 6.45) is 2.07. The Balaban J connectivity index is 1.71. The molecule has 11 heteroatoms. The number of aromatic nitrogens is 2. The van der Waals surface area contributed by atoms with Gasteiger partial charge in [-0.05, 0) is 52.3 Å². The summed E-state index contributed by atoms with van der Waals surface area (Å²) in [4.78, 5) is 17.8. The molecule has 36 heavy (non-hydrogen) atoms. The number of aryl methyl sites for hydroxylation is 1. The van der Waals surface area contributed by atoms with Gasteiger partial charge < -0.3 is 9.47 Å². The second-order valence-electron chi connectivity index (χ2n) is 7.55. The van der Waals surface area contributed by atoms with Gasteiger partial charge in [-0.25, -0.2) is 4.98 Å². The molecule has 0 aliphatic rings. The summed E-state index contributed by atoms with van der Waals surface area (Å²) in [6, 6.07) is 13.0. The van der Waals surface area contributed by atoms with Crippen molar-refractivity contribution < 1.29 is 9.47 Å². The standard InChI is InChI=1S/C25H18Br4ClN3O3/c1-3-21-32-19-7-6-15(26)9-17(19)25(34)33(21)31-11-14-8-20(35-2)24(23(30)22(14)29)36-12-13-4-5-16(27)10-18(13)28/h4-11H,3,12H2,1-2H3. The Bertz CT molecular complexity index is 1560. The third kappa shape index (κ3) is 5.72. The first-order valence-corrected chi connectivity index (χ1v) is 14.2. The molecule has 0 aliphatic heterocycles. The predicted octanol–water partition coefficient (Wildman–Crippen LogP) is 8.13. The number of ether oxygens (including phenoxy) is 2. The van der Waals surface area contributed by atoms with Crippen LogP contribution in [-0.4, -0.2) is 23.0 Å². The Hall–Kier alpha value is -1.72. The zero-order chi connectivity index (χ0) is 26.0. The lowest BCUT2D eigenvalue weighted by Gasteiger charge is -2.16. The van der Waals surface area contributed by atoms with Gasteiger partial charge in [0.15, 0.2) is 11.5 Å². The van der Waals surface area contributed by atoms with Crippen LogP contribution in [0.25, 0.3) is 10.9 Å². The lowest BCUT2D eigenvalue weighted by atomic mass is 10.2. The van der Waals surface area contributed by atoms with Crippen molar-refractivity contribution in [3.05, 3.63) is 92.7 Å². The fourth-order valence-corrected chi connectivity index (χ4v) is 5.61. The molecule has 0 saturated heterocycles. The lowest BCUT2D eigenvalue weighted by Crippen LogP contribution is -2.22. The molecule has 4 rings (SSSR count). The summed E-state index contributed by atoms with van der Waals surface area (Å²) in [5, 5.41) is 5.25. The smallest absolute Gasteiger partial charge is 0.282 e. The van der Waals surface area contributed by atoms with Crippen molar-refractivity contribution in [2.24, 2.45) is 5.10 Å². The van der Waals surface area contributed by atoms with E-state index in [9.17, 15) is 4.79 Å². The third-order valence-corrected chi connectivity index (χ3v) is 8.43. The van der Waals surface area contributed by atoms with E-state index in [-0.39, 0.29) is 12.2 Å². The highest BCUT2D eigenvalue weighted by molar-refractivity contribution is 9.11. The molecule has 0 saturated carbocycles. The Kier molecular flexibility index (Phi) is 8.93. The van der Waals surface area contributed by atoms with Crippen LogP contribution in [0.3, 0.4) is 0 Å². The van der Waals surface area contributed by atoms with Crippen molar-refractivity contribution in [2.75, 3.05) is 7.11 Å². The van der Waals surface area contributed by atoms with Gasteiger partial charge in [0.05, 0.1) is 24.2 Å². The van der Waals surface area contributed by atoms with E-state index < -0.39 is 0 Å². The van der Waals surface area contributed by atoms with Crippen LogP contribution in [0.15, 0.2) is 70.3 Å². The highest BCUT2D eigenvalue weighted by atomic mass is 79.9. The molecule has 186 valence electrons. The van der Waals surface area contributed by atoms with Gasteiger partial charge in [0.2, 0.25) is 0 Å². The summed E-state index contributed by atoms with van der Waals surface area (Å²) in [7, 11) is 1.54. The molecule has 4 aromatic rings. The molecule has 1 aromatic heterocycles. The average Bonchev–Trinajstić information content (AvgIpc) is 2.86. The molecule has 0 amide bonds. The molecule has 0 aliphatic carbocycles. The quantitative estimate of drug-likeness (QED) is 0.179. The van der Waals surface area contributed by atoms with Crippen molar-refractivity contribution in [1.82, 2.24) is 9.66 Å². The Morgan fingerprint density at radius 3 is 2.50 bits per heavy atom. The first-order chi connectivity index (χ1) is 17.2. The lowest BCUT2D eigenvalue weighted by molar-refractivity contribution is 0.284. The molecule has 0 unspecified atom stereocenters. The number of rotatable bonds is 7. The van der Waals surface area contributed by atoms with Gasteiger partial charge in [-0.1, -0.05) is 72.4 Å². The summed E-state index contributed by atoms with van der Waals surface area (Å²) in [6.45, 7) is 2.20. The number of hydrogen-bond acceptors (Lipinski definition) is 5. The maximum Gasteiger partial charge on any atom is 0.282 e. The average molecular weight is 764 g/mol. The molecular weight excluding hydrogens is 745 g/mol. The SMILES string of the molecule is CCc1nc2ccc(Br)cc2c(=O)n1N=Cc1cc(OC)c(OCc2ccc(Br)cc2Br)c(Cl)c1Br. The van der Waals surface area contributed by atoms with Gasteiger partial charge in [-0.2, -0.15) is 9.78 Å². The minimum Gasteiger partial charge on any atom is -0.493 e. The summed E-state index contributed by atoms with van der Waals surface area (Å²) in [5.74, 6) is 1.36. The monoisotopic (exact) mass is 759 g/mol. The predicted molar refractivity (Wildman–Crippen MR) is 158 cm³/mol. The second-order valence-corrected chi connectivity index (χ2v) is 11.4. The number of hydrogen-bond donors (Lipinski definition) is 0. The van der Waals surface area contributed by atoms with Crippen LogP contribution in [0.1, 0.15) is 23.9 Å². The summed E-state index contributed by atoms with van der Waals surface area (Å²) >= 11 is 20.6. The normalized spacial score (nSPS) is 11.4. The van der Waals surface area contributed by atoms with Crippen molar-refractivity contribution in [3.8, 4) is 11.5 Å². The number of benzene rings is 3. The van der Waals surface area contributed by atoms with E-state index in [0.29, 0.717) is 49.7 Å². The molecule has 0 bridgehead atoms. The third-order valence-electron chi connectivity index (χ3n) is 5.27. The maximum absolute atomic E-state index is 13.2. The molecule has 0 fully saturated rings. The van der Waals surface area contributed by atoms with E-state index in [1.54, 1.807) is 24.4 Å². The highest BCUT2D eigenvalue weighted by Crippen LogP contribution is 2.42. The van der Waals surface area contributed by atoms with Crippen LogP contribution >= 0.6 is 75.3 Å². The molecule has 1 heterocycles. The Labute approximate surface area is 246 Å². The van der Waals surface area contributed by atoms with Gasteiger partial charge in [-0.15, -0.1) is 0 Å².